The standard InChI is InChI=1S/C32H35N5O10/c1-5-45-26-15-21(29-28(31(39)44-4)19(2)34-32(40)35-29)11-14-24(26)46-18-27(38)36-33-16-22-7-6-8-25(43-3)30(22)47-17-20-9-12-23(13-10-20)37(41)42/h6-16,27,29,36,38H,5,17-18H2,1-4H3,(H2,34,35,40)/b33-16+/t27-,29-/m0/s1. The van der Waals surface area contributed by atoms with Crippen molar-refractivity contribution in [3.8, 4) is 23.0 Å². The van der Waals surface area contributed by atoms with E-state index in [1.165, 1.54) is 32.6 Å². The summed E-state index contributed by atoms with van der Waals surface area (Å²) < 4.78 is 27.9. The first-order valence-corrected chi connectivity index (χ1v) is 14.4. The number of carbonyl (C=O) groups excluding carboxylic acids is 2. The second-order valence-electron chi connectivity index (χ2n) is 10.0. The first-order valence-electron chi connectivity index (χ1n) is 14.4. The molecular weight excluding hydrogens is 614 g/mol. The van der Waals surface area contributed by atoms with Crippen molar-refractivity contribution in [2.75, 3.05) is 27.4 Å². The number of hydrazone groups is 1. The van der Waals surface area contributed by atoms with E-state index in [1.54, 1.807) is 62.4 Å². The molecule has 2 amide bonds. The quantitative estimate of drug-likeness (QED) is 0.0617. The number of nitrogens with zero attached hydrogens (tertiary/aromatic N) is 2. The molecule has 0 spiro atoms. The van der Waals surface area contributed by atoms with Crippen molar-refractivity contribution in [3.63, 3.8) is 0 Å². The lowest BCUT2D eigenvalue weighted by Crippen LogP contribution is -2.45. The number of amides is 2. The van der Waals surface area contributed by atoms with E-state index in [4.69, 9.17) is 23.7 Å². The fourth-order valence-corrected chi connectivity index (χ4v) is 4.63. The number of nitro benzene ring substituents is 1. The zero-order chi connectivity index (χ0) is 33.9. The van der Waals surface area contributed by atoms with Crippen molar-refractivity contribution in [1.29, 1.82) is 0 Å². The third-order valence-electron chi connectivity index (χ3n) is 6.86. The van der Waals surface area contributed by atoms with Crippen molar-refractivity contribution in [2.45, 2.75) is 32.7 Å². The zero-order valence-electron chi connectivity index (χ0n) is 26.1. The van der Waals surface area contributed by atoms with Gasteiger partial charge in [0.1, 0.15) is 13.2 Å². The average Bonchev–Trinajstić information content (AvgIpc) is 3.06. The van der Waals surface area contributed by atoms with E-state index in [-0.39, 0.29) is 24.5 Å². The summed E-state index contributed by atoms with van der Waals surface area (Å²) in [4.78, 5) is 35.1. The fraction of sp³-hybridized carbons (Fsp3) is 0.281. The third kappa shape index (κ3) is 8.67. The molecule has 3 aromatic rings. The van der Waals surface area contributed by atoms with Gasteiger partial charge in [0.2, 0.25) is 0 Å². The van der Waals surface area contributed by atoms with Crippen LogP contribution in [0, 0.1) is 10.1 Å². The second-order valence-corrected chi connectivity index (χ2v) is 10.0. The first kappa shape index (κ1) is 34.1. The number of methoxy groups -OCH3 is 2. The fourth-order valence-electron chi connectivity index (χ4n) is 4.63. The molecule has 2 atom stereocenters. The number of rotatable bonds is 15. The highest BCUT2D eigenvalue weighted by Gasteiger charge is 2.32. The summed E-state index contributed by atoms with van der Waals surface area (Å²) in [7, 11) is 2.76. The molecule has 15 nitrogen and oxygen atoms in total. The molecule has 4 N–H and O–H groups in total. The number of allylic oxidation sites excluding steroid dienone is 1. The van der Waals surface area contributed by atoms with E-state index in [0.717, 1.165) is 0 Å². The first-order chi connectivity index (χ1) is 22.6. The molecule has 0 aliphatic carbocycles. The molecule has 47 heavy (non-hydrogen) atoms. The summed E-state index contributed by atoms with van der Waals surface area (Å²) in [5, 5.41) is 30.9. The van der Waals surface area contributed by atoms with E-state index < -0.39 is 29.2 Å². The predicted molar refractivity (Wildman–Crippen MR) is 169 cm³/mol. The molecule has 0 fully saturated rings. The molecule has 15 heteroatoms. The van der Waals surface area contributed by atoms with Gasteiger partial charge in [0.25, 0.3) is 5.69 Å². The Bertz CT molecular complexity index is 1660. The number of urea groups is 1. The number of benzene rings is 3. The van der Waals surface area contributed by atoms with E-state index >= 15 is 0 Å². The Morgan fingerprint density at radius 3 is 2.53 bits per heavy atom. The molecule has 1 aliphatic rings. The Labute approximate surface area is 270 Å². The number of aliphatic hydroxyl groups is 1. The highest BCUT2D eigenvalue weighted by molar-refractivity contribution is 5.95. The minimum Gasteiger partial charge on any atom is -0.493 e. The molecule has 0 saturated carbocycles. The molecule has 0 bridgehead atoms. The van der Waals surface area contributed by atoms with Crippen molar-refractivity contribution in [3.05, 3.63) is 98.7 Å². The normalized spacial score (nSPS) is 14.9. The molecule has 4 rings (SSSR count). The van der Waals surface area contributed by atoms with Crippen LogP contribution in [0.1, 0.15) is 36.6 Å². The monoisotopic (exact) mass is 649 g/mol. The van der Waals surface area contributed by atoms with Gasteiger partial charge in [-0.3, -0.25) is 15.5 Å². The summed E-state index contributed by atoms with van der Waals surface area (Å²) in [5.41, 5.74) is 5.01. The number of carbonyl (C=O) groups is 2. The van der Waals surface area contributed by atoms with Gasteiger partial charge in [-0.05, 0) is 61.4 Å². The highest BCUT2D eigenvalue weighted by atomic mass is 16.6. The molecule has 248 valence electrons. The average molecular weight is 650 g/mol. The van der Waals surface area contributed by atoms with Crippen LogP contribution < -0.4 is 35.0 Å². The van der Waals surface area contributed by atoms with Crippen molar-refractivity contribution in [2.24, 2.45) is 5.10 Å². The van der Waals surface area contributed by atoms with Gasteiger partial charge >= 0.3 is 12.0 Å². The third-order valence-corrected chi connectivity index (χ3v) is 6.86. The number of ether oxygens (including phenoxy) is 5. The van der Waals surface area contributed by atoms with E-state index in [9.17, 15) is 24.8 Å². The molecule has 0 unspecified atom stereocenters. The molecular formula is C32H35N5O10. The number of esters is 1. The Balaban J connectivity index is 1.41. The summed E-state index contributed by atoms with van der Waals surface area (Å²) >= 11 is 0. The Morgan fingerprint density at radius 2 is 1.85 bits per heavy atom. The van der Waals surface area contributed by atoms with Crippen LogP contribution in [0.15, 0.2) is 77.0 Å². The number of nitro groups is 1. The second kappa shape index (κ2) is 15.9. The van der Waals surface area contributed by atoms with Crippen molar-refractivity contribution >= 4 is 23.9 Å². The summed E-state index contributed by atoms with van der Waals surface area (Å²) in [6.45, 7) is 3.61. The molecule has 3 aromatic carbocycles. The lowest BCUT2D eigenvalue weighted by molar-refractivity contribution is -0.384. The van der Waals surface area contributed by atoms with Crippen molar-refractivity contribution < 1.29 is 43.3 Å². The SMILES string of the molecule is CCOc1cc([C@@H]2NC(=O)NC(C)=C2C(=O)OC)ccc1OC[C@H](O)N/N=C/c1cccc(OC)c1OCc1ccc([N+](=O)[O-])cc1. The maximum Gasteiger partial charge on any atom is 0.337 e. The largest absolute Gasteiger partial charge is 0.493 e. The van der Waals surface area contributed by atoms with E-state index in [1.807, 2.05) is 0 Å². The maximum atomic E-state index is 12.5. The highest BCUT2D eigenvalue weighted by Crippen LogP contribution is 2.35. The van der Waals surface area contributed by atoms with Crippen LogP contribution >= 0.6 is 0 Å². The van der Waals surface area contributed by atoms with Gasteiger partial charge in [-0.15, -0.1) is 0 Å². The number of non-ortho nitro benzene ring substituents is 1. The van der Waals surface area contributed by atoms with Gasteiger partial charge in [0.15, 0.2) is 29.2 Å². The van der Waals surface area contributed by atoms with Crippen LogP contribution in [0.2, 0.25) is 0 Å². The van der Waals surface area contributed by atoms with Crippen molar-refractivity contribution in [1.82, 2.24) is 16.1 Å². The predicted octanol–water partition coefficient (Wildman–Crippen LogP) is 3.70. The Kier molecular flexibility index (Phi) is 11.6. The number of para-hydroxylation sites is 1. The maximum absolute atomic E-state index is 12.5. The van der Waals surface area contributed by atoms with Gasteiger partial charge in [-0.2, -0.15) is 5.10 Å². The van der Waals surface area contributed by atoms with Gasteiger partial charge in [0, 0.05) is 23.4 Å². The molecule has 1 heterocycles. The lowest BCUT2D eigenvalue weighted by atomic mass is 9.95. The number of hydrogen-bond acceptors (Lipinski definition) is 12. The molecule has 0 radical (unpaired) electrons. The van der Waals surface area contributed by atoms with Gasteiger partial charge < -0.3 is 39.4 Å². The van der Waals surface area contributed by atoms with Crippen LogP contribution in [-0.2, 0) is 16.1 Å². The van der Waals surface area contributed by atoms with Gasteiger partial charge in [-0.1, -0.05) is 12.1 Å². The summed E-state index contributed by atoms with van der Waals surface area (Å²) in [6.07, 6.45) is 0.217. The van der Waals surface area contributed by atoms with Crippen LogP contribution in [0.25, 0.3) is 0 Å². The Hall–Kier alpha value is -5.83. The molecule has 0 saturated heterocycles. The van der Waals surface area contributed by atoms with E-state index in [0.29, 0.717) is 52.0 Å². The van der Waals surface area contributed by atoms with Gasteiger partial charge in [0.05, 0.1) is 43.6 Å². The molecule has 1 aliphatic heterocycles. The zero-order valence-corrected chi connectivity index (χ0v) is 26.1. The van der Waals surface area contributed by atoms with E-state index in [2.05, 4.69) is 21.2 Å². The smallest absolute Gasteiger partial charge is 0.337 e. The minimum absolute atomic E-state index is 0.0208. The topological polar surface area (TPSA) is 192 Å². The summed E-state index contributed by atoms with van der Waals surface area (Å²) in [5.74, 6) is 0.888. The summed E-state index contributed by atoms with van der Waals surface area (Å²) in [6, 6.07) is 14.9. The van der Waals surface area contributed by atoms with Gasteiger partial charge in [-0.25, -0.2) is 9.59 Å². The van der Waals surface area contributed by atoms with Crippen LogP contribution in [0.5, 0.6) is 23.0 Å². The van der Waals surface area contributed by atoms with Crippen LogP contribution in [0.4, 0.5) is 10.5 Å². The lowest BCUT2D eigenvalue weighted by Gasteiger charge is -2.28. The van der Waals surface area contributed by atoms with Crippen LogP contribution in [-0.4, -0.2) is 61.9 Å². The number of hydrogen-bond donors (Lipinski definition) is 4. The number of nitrogens with one attached hydrogen (secondary N) is 3. The minimum atomic E-state index is -1.23. The van der Waals surface area contributed by atoms with Crippen LogP contribution in [0.3, 0.4) is 0 Å². The number of aliphatic hydroxyl groups excluding tert-OH is 1. The molecule has 0 aromatic heterocycles. The Morgan fingerprint density at radius 1 is 1.09 bits per heavy atom.